The van der Waals surface area contributed by atoms with Gasteiger partial charge in [0.1, 0.15) is 0 Å². The van der Waals surface area contributed by atoms with Crippen LogP contribution in [0.2, 0.25) is 0 Å². The van der Waals surface area contributed by atoms with E-state index >= 15 is 0 Å². The molecular weight excluding hydrogens is 264 g/mol. The normalized spacial score (nSPS) is 17.6. The van der Waals surface area contributed by atoms with Crippen LogP contribution in [0.4, 0.5) is 0 Å². The van der Waals surface area contributed by atoms with Crippen LogP contribution in [-0.4, -0.2) is 31.7 Å². The SMILES string of the molecule is CCC(CC1CC1)NS(=O)(=O)c1[nH]ncc1CNC. The van der Waals surface area contributed by atoms with Gasteiger partial charge in [0, 0.05) is 18.2 Å². The van der Waals surface area contributed by atoms with E-state index in [2.05, 4.69) is 20.2 Å². The van der Waals surface area contributed by atoms with Crippen molar-refractivity contribution in [1.29, 1.82) is 0 Å². The highest BCUT2D eigenvalue weighted by molar-refractivity contribution is 7.89. The number of rotatable bonds is 8. The van der Waals surface area contributed by atoms with Crippen molar-refractivity contribution in [1.82, 2.24) is 20.2 Å². The number of aromatic amines is 1. The second kappa shape index (κ2) is 6.02. The third-order valence-corrected chi connectivity index (χ3v) is 4.98. The Balaban J connectivity index is 2.09. The molecule has 0 amide bonds. The third kappa shape index (κ3) is 3.77. The highest BCUT2D eigenvalue weighted by atomic mass is 32.2. The smallest absolute Gasteiger partial charge is 0.258 e. The Kier molecular flexibility index (Phi) is 4.59. The lowest BCUT2D eigenvalue weighted by Gasteiger charge is -2.16. The van der Waals surface area contributed by atoms with Gasteiger partial charge in [0.05, 0.1) is 6.20 Å². The molecule has 1 aliphatic carbocycles. The molecular formula is C12H22N4O2S. The molecule has 1 unspecified atom stereocenters. The van der Waals surface area contributed by atoms with Gasteiger partial charge in [-0.2, -0.15) is 5.10 Å². The van der Waals surface area contributed by atoms with Crippen LogP contribution in [0.25, 0.3) is 0 Å². The quantitative estimate of drug-likeness (QED) is 0.665. The van der Waals surface area contributed by atoms with E-state index < -0.39 is 10.0 Å². The number of hydrogen-bond donors (Lipinski definition) is 3. The Morgan fingerprint density at radius 2 is 2.26 bits per heavy atom. The third-order valence-electron chi connectivity index (χ3n) is 3.44. The molecule has 1 saturated carbocycles. The Bertz CT molecular complexity index is 508. The van der Waals surface area contributed by atoms with E-state index in [4.69, 9.17) is 0 Å². The average molecular weight is 286 g/mol. The summed E-state index contributed by atoms with van der Waals surface area (Å²) in [6, 6.07) is 0.0169. The minimum absolute atomic E-state index is 0.0169. The van der Waals surface area contributed by atoms with E-state index in [0.29, 0.717) is 18.0 Å². The maximum Gasteiger partial charge on any atom is 0.258 e. The number of aromatic nitrogens is 2. The molecule has 108 valence electrons. The summed E-state index contributed by atoms with van der Waals surface area (Å²) in [5.74, 6) is 0.700. The van der Waals surface area contributed by atoms with Crippen molar-refractivity contribution in [2.75, 3.05) is 7.05 Å². The maximum atomic E-state index is 12.4. The summed E-state index contributed by atoms with van der Waals surface area (Å²) in [7, 11) is -1.73. The van der Waals surface area contributed by atoms with Crippen LogP contribution in [0, 0.1) is 5.92 Å². The van der Waals surface area contributed by atoms with Gasteiger partial charge in [-0.3, -0.25) is 5.10 Å². The number of nitrogens with zero attached hydrogens (tertiary/aromatic N) is 1. The van der Waals surface area contributed by atoms with Gasteiger partial charge in [-0.15, -0.1) is 0 Å². The maximum absolute atomic E-state index is 12.4. The lowest BCUT2D eigenvalue weighted by molar-refractivity contribution is 0.493. The summed E-state index contributed by atoms with van der Waals surface area (Å²) in [4.78, 5) is 0. The molecule has 1 fully saturated rings. The predicted octanol–water partition coefficient (Wildman–Crippen LogP) is 0.986. The van der Waals surface area contributed by atoms with Gasteiger partial charge in [-0.1, -0.05) is 19.8 Å². The van der Waals surface area contributed by atoms with Crippen molar-refractivity contribution >= 4 is 10.0 Å². The number of nitrogens with one attached hydrogen (secondary N) is 3. The Hall–Kier alpha value is -0.920. The van der Waals surface area contributed by atoms with Crippen LogP contribution >= 0.6 is 0 Å². The van der Waals surface area contributed by atoms with E-state index in [-0.39, 0.29) is 11.1 Å². The van der Waals surface area contributed by atoms with Crippen molar-refractivity contribution in [2.45, 2.75) is 50.2 Å². The van der Waals surface area contributed by atoms with E-state index in [0.717, 1.165) is 12.8 Å². The standard InChI is InChI=1S/C12H22N4O2S/c1-3-11(6-9-4-5-9)16-19(17,18)12-10(7-13-2)8-14-15-12/h8-9,11,13,16H,3-7H2,1-2H3,(H,14,15). The fraction of sp³-hybridized carbons (Fsp3) is 0.750. The first kappa shape index (κ1) is 14.5. The van der Waals surface area contributed by atoms with Crippen molar-refractivity contribution in [2.24, 2.45) is 5.92 Å². The molecule has 1 aliphatic rings. The molecule has 6 nitrogen and oxygen atoms in total. The zero-order chi connectivity index (χ0) is 13.9. The molecule has 0 bridgehead atoms. The molecule has 1 heterocycles. The average Bonchev–Trinajstić information content (AvgIpc) is 3.04. The largest absolute Gasteiger partial charge is 0.316 e. The first-order valence-electron chi connectivity index (χ1n) is 6.76. The van der Waals surface area contributed by atoms with Crippen LogP contribution in [0.5, 0.6) is 0 Å². The van der Waals surface area contributed by atoms with Crippen molar-refractivity contribution < 1.29 is 8.42 Å². The minimum Gasteiger partial charge on any atom is -0.316 e. The van der Waals surface area contributed by atoms with Crippen molar-refractivity contribution in [3.63, 3.8) is 0 Å². The zero-order valence-electron chi connectivity index (χ0n) is 11.4. The first-order chi connectivity index (χ1) is 9.06. The van der Waals surface area contributed by atoms with Crippen LogP contribution < -0.4 is 10.0 Å². The van der Waals surface area contributed by atoms with Gasteiger partial charge < -0.3 is 5.32 Å². The first-order valence-corrected chi connectivity index (χ1v) is 8.24. The second-order valence-corrected chi connectivity index (χ2v) is 6.81. The van der Waals surface area contributed by atoms with Crippen LogP contribution in [-0.2, 0) is 16.6 Å². The predicted molar refractivity (Wildman–Crippen MR) is 73.1 cm³/mol. The van der Waals surface area contributed by atoms with Crippen LogP contribution in [0.15, 0.2) is 11.2 Å². The monoisotopic (exact) mass is 286 g/mol. The molecule has 0 radical (unpaired) electrons. The van der Waals surface area contributed by atoms with Gasteiger partial charge in [-0.05, 0) is 25.8 Å². The highest BCUT2D eigenvalue weighted by Gasteiger charge is 2.29. The van der Waals surface area contributed by atoms with Crippen LogP contribution in [0.1, 0.15) is 38.2 Å². The van der Waals surface area contributed by atoms with Gasteiger partial charge in [-0.25, -0.2) is 13.1 Å². The second-order valence-electron chi connectivity index (χ2n) is 5.16. The lowest BCUT2D eigenvalue weighted by atomic mass is 10.1. The number of H-pyrrole nitrogens is 1. The molecule has 0 aromatic carbocycles. The molecule has 3 N–H and O–H groups in total. The Labute approximate surface area is 114 Å². The molecule has 1 atom stereocenters. The molecule has 0 saturated heterocycles. The summed E-state index contributed by atoms with van der Waals surface area (Å²) in [6.07, 6.45) is 5.75. The fourth-order valence-corrected chi connectivity index (χ4v) is 3.64. The molecule has 1 aromatic rings. The van der Waals surface area contributed by atoms with Gasteiger partial charge >= 0.3 is 0 Å². The Morgan fingerprint density at radius 3 is 2.84 bits per heavy atom. The van der Waals surface area contributed by atoms with Crippen LogP contribution in [0.3, 0.4) is 0 Å². The summed E-state index contributed by atoms with van der Waals surface area (Å²) < 4.78 is 27.5. The van der Waals surface area contributed by atoms with E-state index in [1.807, 2.05) is 6.92 Å². The molecule has 0 spiro atoms. The molecule has 19 heavy (non-hydrogen) atoms. The Morgan fingerprint density at radius 1 is 1.53 bits per heavy atom. The molecule has 7 heteroatoms. The zero-order valence-corrected chi connectivity index (χ0v) is 12.3. The van der Waals surface area contributed by atoms with Gasteiger partial charge in [0.15, 0.2) is 5.03 Å². The number of hydrogen-bond acceptors (Lipinski definition) is 4. The fourth-order valence-electron chi connectivity index (χ4n) is 2.18. The highest BCUT2D eigenvalue weighted by Crippen LogP contribution is 2.34. The molecule has 0 aliphatic heterocycles. The van der Waals surface area contributed by atoms with Gasteiger partial charge in [0.25, 0.3) is 10.0 Å². The molecule has 2 rings (SSSR count). The summed E-state index contributed by atoms with van der Waals surface area (Å²) in [5.41, 5.74) is 0.663. The summed E-state index contributed by atoms with van der Waals surface area (Å²) >= 11 is 0. The van der Waals surface area contributed by atoms with Crippen molar-refractivity contribution in [3.05, 3.63) is 11.8 Å². The molecule has 1 aromatic heterocycles. The van der Waals surface area contributed by atoms with E-state index in [9.17, 15) is 8.42 Å². The topological polar surface area (TPSA) is 86.9 Å². The van der Waals surface area contributed by atoms with Gasteiger partial charge in [0.2, 0.25) is 0 Å². The van der Waals surface area contributed by atoms with E-state index in [1.54, 1.807) is 13.2 Å². The lowest BCUT2D eigenvalue weighted by Crippen LogP contribution is -2.35. The minimum atomic E-state index is -3.51. The summed E-state index contributed by atoms with van der Waals surface area (Å²) in [6.45, 7) is 2.49. The van der Waals surface area contributed by atoms with E-state index in [1.165, 1.54) is 12.8 Å². The summed E-state index contributed by atoms with van der Waals surface area (Å²) in [5, 5.41) is 9.53. The van der Waals surface area contributed by atoms with Crippen molar-refractivity contribution in [3.8, 4) is 0 Å². The number of sulfonamides is 1.